The van der Waals surface area contributed by atoms with Crippen LogP contribution in [0.2, 0.25) is 0 Å². The van der Waals surface area contributed by atoms with Gasteiger partial charge in [-0.3, -0.25) is 9.36 Å². The molecule has 3 nitrogen and oxygen atoms in total. The molecule has 1 aromatic heterocycles. The minimum Gasteiger partial charge on any atom is -0.288 e. The van der Waals surface area contributed by atoms with Crippen LogP contribution in [0, 0.1) is 0 Å². The molecule has 0 spiro atoms. The first-order valence-electron chi connectivity index (χ1n) is 4.56. The van der Waals surface area contributed by atoms with Crippen LogP contribution >= 0.6 is 11.8 Å². The second kappa shape index (κ2) is 5.07. The number of thioether (sulfide) groups is 1. The molecule has 0 radical (unpaired) electrons. The normalized spacial score (nSPS) is 14.0. The lowest BCUT2D eigenvalue weighted by Crippen LogP contribution is -2.24. The maximum Gasteiger partial charge on any atom is 0.254 e. The van der Waals surface area contributed by atoms with Gasteiger partial charge in [-0.2, -0.15) is 0 Å². The van der Waals surface area contributed by atoms with E-state index in [2.05, 4.69) is 4.98 Å². The van der Waals surface area contributed by atoms with Crippen LogP contribution in [-0.2, 0) is 6.54 Å². The second-order valence-electron chi connectivity index (χ2n) is 2.42. The maximum atomic E-state index is 11.2. The van der Waals surface area contributed by atoms with Crippen molar-refractivity contribution in [2.75, 3.05) is 5.75 Å². The summed E-state index contributed by atoms with van der Waals surface area (Å²) in [6.07, 6.45) is 2.65. The molecule has 0 unspecified atom stereocenters. The fourth-order valence-corrected chi connectivity index (χ4v) is 2.05. The average molecular weight is 198 g/mol. The zero-order valence-electron chi connectivity index (χ0n) is 7.99. The fraction of sp³-hybridized carbons (Fsp3) is 0.556. The minimum atomic E-state index is 0.0715. The maximum absolute atomic E-state index is 11.2. The van der Waals surface area contributed by atoms with Gasteiger partial charge >= 0.3 is 0 Å². The summed E-state index contributed by atoms with van der Waals surface area (Å²) >= 11 is 1.65. The predicted molar refractivity (Wildman–Crippen MR) is 55.2 cm³/mol. The molecule has 0 amide bonds. The van der Waals surface area contributed by atoms with Crippen LogP contribution in [0.4, 0.5) is 0 Å². The Morgan fingerprint density at radius 2 is 2.31 bits per heavy atom. The van der Waals surface area contributed by atoms with Gasteiger partial charge in [-0.15, -0.1) is 0 Å². The van der Waals surface area contributed by atoms with Crippen LogP contribution in [0.1, 0.15) is 20.3 Å². The zero-order valence-corrected chi connectivity index (χ0v) is 8.80. The van der Waals surface area contributed by atoms with Crippen molar-refractivity contribution < 1.29 is 0 Å². The van der Waals surface area contributed by atoms with Crippen LogP contribution in [0.5, 0.6) is 0 Å². The largest absolute Gasteiger partial charge is 0.288 e. The third kappa shape index (κ3) is 2.34. The number of hydrogen-bond acceptors (Lipinski definition) is 3. The fourth-order valence-electron chi connectivity index (χ4n) is 1.13. The van der Waals surface area contributed by atoms with E-state index in [1.165, 1.54) is 6.07 Å². The summed E-state index contributed by atoms with van der Waals surface area (Å²) in [5.41, 5.74) is 0.0715. The van der Waals surface area contributed by atoms with E-state index in [0.29, 0.717) is 0 Å². The highest BCUT2D eigenvalue weighted by Gasteiger charge is 2.09. The van der Waals surface area contributed by atoms with Crippen molar-refractivity contribution in [1.82, 2.24) is 9.55 Å². The molecule has 13 heavy (non-hydrogen) atoms. The lowest BCUT2D eigenvalue weighted by atomic mass is 10.4. The molecule has 4 heteroatoms. The molecular formula is C9H14N2OS. The summed E-state index contributed by atoms with van der Waals surface area (Å²) in [7, 11) is 0. The standard InChI is InChI=1S/C7H8N2OS.C2H6/c10-6-2-3-8-7-9(6)4-1-5-11-7;1-2/h2-3H,1,4-5H2;1-2H3. The van der Waals surface area contributed by atoms with Gasteiger partial charge in [0, 0.05) is 24.6 Å². The number of aromatic nitrogens is 2. The van der Waals surface area contributed by atoms with Crippen molar-refractivity contribution in [3.05, 3.63) is 22.6 Å². The molecule has 0 saturated heterocycles. The molecule has 72 valence electrons. The SMILES string of the molecule is CC.O=c1ccnc2n1CCCS2. The Labute approximate surface area is 82.2 Å². The van der Waals surface area contributed by atoms with Crippen LogP contribution in [-0.4, -0.2) is 15.3 Å². The smallest absolute Gasteiger partial charge is 0.254 e. The molecular weight excluding hydrogens is 184 g/mol. The Morgan fingerprint density at radius 3 is 3.00 bits per heavy atom. The minimum absolute atomic E-state index is 0.0715. The first-order valence-corrected chi connectivity index (χ1v) is 5.55. The van der Waals surface area contributed by atoms with Crippen molar-refractivity contribution in [3.63, 3.8) is 0 Å². The van der Waals surface area contributed by atoms with E-state index < -0.39 is 0 Å². The first-order chi connectivity index (χ1) is 6.38. The molecule has 0 aliphatic carbocycles. The van der Waals surface area contributed by atoms with E-state index in [1.54, 1.807) is 22.5 Å². The van der Waals surface area contributed by atoms with Gasteiger partial charge < -0.3 is 0 Å². The Bertz CT molecular complexity index is 322. The molecule has 0 saturated carbocycles. The van der Waals surface area contributed by atoms with Gasteiger partial charge in [-0.1, -0.05) is 25.6 Å². The van der Waals surface area contributed by atoms with E-state index in [-0.39, 0.29) is 5.56 Å². The topological polar surface area (TPSA) is 34.9 Å². The number of fused-ring (bicyclic) bond motifs is 1. The van der Waals surface area contributed by atoms with E-state index in [0.717, 1.165) is 23.9 Å². The van der Waals surface area contributed by atoms with Gasteiger partial charge in [0.1, 0.15) is 0 Å². The molecule has 0 bridgehead atoms. The van der Waals surface area contributed by atoms with Gasteiger partial charge in [0.25, 0.3) is 5.56 Å². The van der Waals surface area contributed by atoms with E-state index >= 15 is 0 Å². The molecule has 0 atom stereocenters. The molecule has 1 aromatic rings. The zero-order chi connectivity index (χ0) is 9.68. The van der Waals surface area contributed by atoms with Crippen LogP contribution in [0.3, 0.4) is 0 Å². The third-order valence-corrected chi connectivity index (χ3v) is 2.73. The van der Waals surface area contributed by atoms with E-state index in [1.807, 2.05) is 13.8 Å². The Hall–Kier alpha value is -0.770. The molecule has 1 aliphatic rings. The summed E-state index contributed by atoms with van der Waals surface area (Å²) in [5, 5.41) is 0.865. The summed E-state index contributed by atoms with van der Waals surface area (Å²) in [6.45, 7) is 4.83. The Kier molecular flexibility index (Phi) is 4.02. The monoisotopic (exact) mass is 198 g/mol. The van der Waals surface area contributed by atoms with Gasteiger partial charge in [-0.05, 0) is 6.42 Å². The lowest BCUT2D eigenvalue weighted by molar-refractivity contribution is 0.562. The van der Waals surface area contributed by atoms with E-state index in [9.17, 15) is 4.79 Å². The first kappa shape index (κ1) is 10.3. The highest BCUT2D eigenvalue weighted by molar-refractivity contribution is 7.99. The number of rotatable bonds is 0. The van der Waals surface area contributed by atoms with Gasteiger partial charge in [0.05, 0.1) is 0 Å². The van der Waals surface area contributed by atoms with Crippen molar-refractivity contribution in [1.29, 1.82) is 0 Å². The summed E-state index contributed by atoms with van der Waals surface area (Å²) in [6, 6.07) is 1.51. The van der Waals surface area contributed by atoms with Gasteiger partial charge in [-0.25, -0.2) is 4.98 Å². The third-order valence-electron chi connectivity index (χ3n) is 1.66. The molecule has 2 rings (SSSR count). The van der Waals surface area contributed by atoms with Crippen LogP contribution < -0.4 is 5.56 Å². The Balaban J connectivity index is 0.000000396. The summed E-state index contributed by atoms with van der Waals surface area (Å²) < 4.78 is 1.73. The average Bonchev–Trinajstić information content (AvgIpc) is 2.22. The summed E-state index contributed by atoms with van der Waals surface area (Å²) in [4.78, 5) is 15.3. The molecule has 2 heterocycles. The molecule has 0 N–H and O–H groups in total. The van der Waals surface area contributed by atoms with Crippen LogP contribution in [0.15, 0.2) is 22.2 Å². The highest BCUT2D eigenvalue weighted by Crippen LogP contribution is 2.19. The Morgan fingerprint density at radius 1 is 1.54 bits per heavy atom. The highest BCUT2D eigenvalue weighted by atomic mass is 32.2. The van der Waals surface area contributed by atoms with E-state index in [4.69, 9.17) is 0 Å². The summed E-state index contributed by atoms with van der Waals surface area (Å²) in [5.74, 6) is 1.08. The van der Waals surface area contributed by atoms with Crippen molar-refractivity contribution >= 4 is 11.8 Å². The lowest BCUT2D eigenvalue weighted by Gasteiger charge is -2.14. The van der Waals surface area contributed by atoms with Gasteiger partial charge in [0.2, 0.25) is 0 Å². The van der Waals surface area contributed by atoms with Crippen molar-refractivity contribution in [2.45, 2.75) is 32.0 Å². The number of nitrogens with zero attached hydrogens (tertiary/aromatic N) is 2. The molecule has 0 fully saturated rings. The van der Waals surface area contributed by atoms with Crippen molar-refractivity contribution in [2.24, 2.45) is 0 Å². The molecule has 1 aliphatic heterocycles. The predicted octanol–water partition coefficient (Wildman–Crippen LogP) is 1.77. The van der Waals surface area contributed by atoms with Gasteiger partial charge in [0.15, 0.2) is 5.16 Å². The number of hydrogen-bond donors (Lipinski definition) is 0. The second-order valence-corrected chi connectivity index (χ2v) is 3.48. The molecule has 0 aromatic carbocycles. The quantitative estimate of drug-likeness (QED) is 0.596. The van der Waals surface area contributed by atoms with Crippen molar-refractivity contribution in [3.8, 4) is 0 Å². The van der Waals surface area contributed by atoms with Crippen LogP contribution in [0.25, 0.3) is 0 Å².